The molecule has 0 spiro atoms. The van der Waals surface area contributed by atoms with Gasteiger partial charge >= 0.3 is 0 Å². The molecule has 1 N–H and O–H groups in total. The molecular weight excluding hydrogens is 400 g/mol. The van der Waals surface area contributed by atoms with Gasteiger partial charge < -0.3 is 19.7 Å². The molecule has 3 heterocycles. The highest BCUT2D eigenvalue weighted by Gasteiger charge is 2.12. The average Bonchev–Trinajstić information content (AvgIpc) is 3.39. The molecule has 0 aromatic carbocycles. The number of aliphatic imine (C=N–C) groups is 1. The SMILES string of the molecule is C=C1OCO/C1=C/C=C(\C)N(C)C=NC.CC.CNc1ccnc2sc(C=O)cc12. The molecule has 162 valence electrons. The summed E-state index contributed by atoms with van der Waals surface area (Å²) in [6.45, 7) is 9.95. The molecule has 0 atom stereocenters. The predicted molar refractivity (Wildman–Crippen MR) is 126 cm³/mol. The number of pyridine rings is 1. The highest BCUT2D eigenvalue weighted by molar-refractivity contribution is 7.20. The number of hydrogen-bond donors (Lipinski definition) is 1. The molecule has 1 saturated heterocycles. The molecule has 0 bridgehead atoms. The van der Waals surface area contributed by atoms with Crippen molar-refractivity contribution in [2.24, 2.45) is 4.99 Å². The van der Waals surface area contributed by atoms with Crippen LogP contribution in [0, 0.1) is 0 Å². The van der Waals surface area contributed by atoms with Gasteiger partial charge in [0.2, 0.25) is 6.79 Å². The first kappa shape index (κ1) is 24.9. The minimum atomic E-state index is 0.254. The number of nitrogens with zero attached hydrogens (tertiary/aromatic N) is 3. The number of hydrogen-bond acceptors (Lipinski definition) is 7. The topological polar surface area (TPSA) is 76.1 Å². The van der Waals surface area contributed by atoms with Crippen LogP contribution < -0.4 is 5.32 Å². The predicted octanol–water partition coefficient (Wildman–Crippen LogP) is 5.06. The number of carbonyl (C=O) groups is 1. The lowest BCUT2D eigenvalue weighted by atomic mass is 10.3. The highest BCUT2D eigenvalue weighted by atomic mass is 32.1. The Hall–Kier alpha value is -3.13. The summed E-state index contributed by atoms with van der Waals surface area (Å²) in [5.41, 5.74) is 2.06. The zero-order valence-electron chi connectivity index (χ0n) is 18.4. The summed E-state index contributed by atoms with van der Waals surface area (Å²) < 4.78 is 10.2. The summed E-state index contributed by atoms with van der Waals surface area (Å²) in [5.74, 6) is 1.25. The molecule has 0 saturated carbocycles. The van der Waals surface area contributed by atoms with E-state index in [-0.39, 0.29) is 6.79 Å². The first-order chi connectivity index (χ1) is 14.5. The molecule has 0 radical (unpaired) electrons. The number of nitrogens with one attached hydrogen (secondary N) is 1. The lowest BCUT2D eigenvalue weighted by Crippen LogP contribution is -2.12. The summed E-state index contributed by atoms with van der Waals surface area (Å²) in [4.78, 5) is 22.2. The van der Waals surface area contributed by atoms with Gasteiger partial charge in [0.25, 0.3) is 0 Å². The van der Waals surface area contributed by atoms with Crippen LogP contribution in [0.2, 0.25) is 0 Å². The van der Waals surface area contributed by atoms with Gasteiger partial charge in [-0.2, -0.15) is 0 Å². The lowest BCUT2D eigenvalue weighted by molar-refractivity contribution is 0.0980. The minimum Gasteiger partial charge on any atom is -0.454 e. The number of ether oxygens (including phenoxy) is 2. The molecular formula is C22H30N4O3S. The van der Waals surface area contributed by atoms with Crippen molar-refractivity contribution in [3.8, 4) is 0 Å². The van der Waals surface area contributed by atoms with Gasteiger partial charge in [-0.15, -0.1) is 11.3 Å². The second-order valence-electron chi connectivity index (χ2n) is 5.75. The number of allylic oxidation sites excluding steroid dienone is 3. The fourth-order valence-corrected chi connectivity index (χ4v) is 3.11. The molecule has 7 nitrogen and oxygen atoms in total. The van der Waals surface area contributed by atoms with Crippen molar-refractivity contribution in [1.29, 1.82) is 0 Å². The van der Waals surface area contributed by atoms with Crippen LogP contribution in [0.25, 0.3) is 10.2 Å². The van der Waals surface area contributed by atoms with E-state index < -0.39 is 0 Å². The maximum absolute atomic E-state index is 10.5. The standard InChI is InChI=1S/C11H16N2O2.C9H8N2OS.C2H6/c1-9(13(4)7-12-3)5-6-11-10(2)14-8-15-11;1-10-8-2-3-11-9-7(8)4-6(5-12)13-9;1-2/h5-7H,2,8H2,1,3-4H3;2-5H,1H3,(H,10,11);1-2H3/b9-5+,11-6+,12-7?;;. The quantitative estimate of drug-likeness (QED) is 0.406. The number of aldehydes is 1. The third-order valence-corrected chi connectivity index (χ3v) is 4.85. The van der Waals surface area contributed by atoms with E-state index >= 15 is 0 Å². The van der Waals surface area contributed by atoms with Crippen molar-refractivity contribution in [2.45, 2.75) is 20.8 Å². The summed E-state index contributed by atoms with van der Waals surface area (Å²) in [7, 11) is 5.52. The number of rotatable bonds is 5. The zero-order chi connectivity index (χ0) is 22.5. The summed E-state index contributed by atoms with van der Waals surface area (Å²) >= 11 is 1.41. The van der Waals surface area contributed by atoms with Gasteiger partial charge in [-0.1, -0.05) is 20.4 Å². The van der Waals surface area contributed by atoms with Gasteiger partial charge in [-0.25, -0.2) is 4.98 Å². The van der Waals surface area contributed by atoms with Crippen LogP contribution in [0.15, 0.2) is 59.3 Å². The van der Waals surface area contributed by atoms with Crippen LogP contribution in [0.4, 0.5) is 5.69 Å². The molecule has 2 aromatic heterocycles. The number of carbonyl (C=O) groups excluding carboxylic acids is 1. The van der Waals surface area contributed by atoms with Crippen molar-refractivity contribution < 1.29 is 14.3 Å². The molecule has 1 fully saturated rings. The van der Waals surface area contributed by atoms with Crippen molar-refractivity contribution >= 4 is 39.9 Å². The van der Waals surface area contributed by atoms with Crippen LogP contribution in [0.3, 0.4) is 0 Å². The molecule has 0 unspecified atom stereocenters. The van der Waals surface area contributed by atoms with Gasteiger partial charge in [-0.3, -0.25) is 9.79 Å². The Bertz CT molecular complexity index is 932. The first-order valence-electron chi connectivity index (χ1n) is 9.50. The second kappa shape index (κ2) is 13.2. The largest absolute Gasteiger partial charge is 0.454 e. The Labute approximate surface area is 182 Å². The molecule has 1 aliphatic heterocycles. The smallest absolute Gasteiger partial charge is 0.231 e. The molecule has 8 heteroatoms. The van der Waals surface area contributed by atoms with Crippen molar-refractivity contribution in [2.75, 3.05) is 33.3 Å². The van der Waals surface area contributed by atoms with Gasteiger partial charge in [0.15, 0.2) is 17.8 Å². The van der Waals surface area contributed by atoms with Crippen molar-refractivity contribution in [3.63, 3.8) is 0 Å². The third kappa shape index (κ3) is 7.04. The highest BCUT2D eigenvalue weighted by Crippen LogP contribution is 2.28. The number of thiophene rings is 1. The van der Waals surface area contributed by atoms with Crippen LogP contribution in [-0.2, 0) is 9.47 Å². The molecule has 0 amide bonds. The van der Waals surface area contributed by atoms with Gasteiger partial charge in [0, 0.05) is 44.1 Å². The van der Waals surface area contributed by atoms with E-state index in [0.29, 0.717) is 16.4 Å². The van der Waals surface area contributed by atoms with Gasteiger partial charge in [0.05, 0.1) is 11.2 Å². The van der Waals surface area contributed by atoms with Crippen LogP contribution >= 0.6 is 11.3 Å². The fraction of sp³-hybridized carbons (Fsp3) is 0.318. The Morgan fingerprint density at radius 2 is 2.13 bits per heavy atom. The molecule has 2 aromatic rings. The maximum atomic E-state index is 10.5. The first-order valence-corrected chi connectivity index (χ1v) is 10.3. The summed E-state index contributed by atoms with van der Waals surface area (Å²) in [6.07, 6.45) is 8.09. The van der Waals surface area contributed by atoms with Crippen molar-refractivity contribution in [1.82, 2.24) is 9.88 Å². The van der Waals surface area contributed by atoms with E-state index in [9.17, 15) is 4.79 Å². The van der Waals surface area contributed by atoms with Gasteiger partial charge in [-0.05, 0) is 31.2 Å². The van der Waals surface area contributed by atoms with Crippen molar-refractivity contribution in [3.05, 3.63) is 59.2 Å². The van der Waals surface area contributed by atoms with E-state index in [1.807, 2.05) is 64.1 Å². The monoisotopic (exact) mass is 430 g/mol. The summed E-state index contributed by atoms with van der Waals surface area (Å²) in [6, 6.07) is 3.75. The Morgan fingerprint density at radius 3 is 2.70 bits per heavy atom. The molecule has 30 heavy (non-hydrogen) atoms. The fourth-order valence-electron chi connectivity index (χ4n) is 2.27. The van der Waals surface area contributed by atoms with Crippen LogP contribution in [0.5, 0.6) is 0 Å². The Morgan fingerprint density at radius 1 is 1.40 bits per heavy atom. The number of aromatic nitrogens is 1. The molecule has 3 rings (SSSR count). The Kier molecular flexibility index (Phi) is 10.9. The van der Waals surface area contributed by atoms with Crippen LogP contribution in [0.1, 0.15) is 30.4 Å². The Balaban J connectivity index is 0.000000279. The lowest BCUT2D eigenvalue weighted by Gasteiger charge is -2.12. The minimum absolute atomic E-state index is 0.254. The maximum Gasteiger partial charge on any atom is 0.231 e. The average molecular weight is 431 g/mol. The molecule has 1 aliphatic rings. The second-order valence-corrected chi connectivity index (χ2v) is 6.81. The number of anilines is 1. The number of fused-ring (bicyclic) bond motifs is 1. The third-order valence-electron chi connectivity index (χ3n) is 3.88. The van der Waals surface area contributed by atoms with E-state index in [0.717, 1.165) is 27.9 Å². The zero-order valence-corrected chi connectivity index (χ0v) is 19.2. The van der Waals surface area contributed by atoms with E-state index in [2.05, 4.69) is 21.9 Å². The van der Waals surface area contributed by atoms with E-state index in [4.69, 9.17) is 9.47 Å². The van der Waals surface area contributed by atoms with Gasteiger partial charge in [0.1, 0.15) is 4.83 Å². The van der Waals surface area contributed by atoms with Crippen LogP contribution in [-0.4, -0.2) is 50.4 Å². The van der Waals surface area contributed by atoms with E-state index in [1.54, 1.807) is 19.6 Å². The summed E-state index contributed by atoms with van der Waals surface area (Å²) in [5, 5.41) is 4.07. The molecule has 0 aliphatic carbocycles. The van der Waals surface area contributed by atoms with E-state index in [1.165, 1.54) is 11.3 Å². The normalized spacial score (nSPS) is 14.4.